The van der Waals surface area contributed by atoms with E-state index in [1.54, 1.807) is 12.3 Å². The van der Waals surface area contributed by atoms with Crippen molar-refractivity contribution in [3.63, 3.8) is 0 Å². The van der Waals surface area contributed by atoms with Crippen LogP contribution < -0.4 is 5.73 Å². The molecule has 0 saturated carbocycles. The van der Waals surface area contributed by atoms with E-state index < -0.39 is 0 Å². The van der Waals surface area contributed by atoms with Gasteiger partial charge in [0.1, 0.15) is 5.84 Å². The molecular weight excluding hydrogens is 114 g/mol. The number of aromatic amines is 1. The van der Waals surface area contributed by atoms with E-state index in [-0.39, 0.29) is 5.84 Å². The van der Waals surface area contributed by atoms with Gasteiger partial charge in [-0.3, -0.25) is 5.41 Å². The first-order valence-corrected chi connectivity index (χ1v) is 2.70. The van der Waals surface area contributed by atoms with Crippen molar-refractivity contribution in [3.8, 4) is 0 Å². The minimum Gasteiger partial charge on any atom is -0.384 e. The van der Waals surface area contributed by atoms with E-state index in [2.05, 4.69) is 4.98 Å². The lowest BCUT2D eigenvalue weighted by atomic mass is 10.2. The molecule has 0 aliphatic rings. The number of nitrogen functional groups attached to an aromatic ring is 1. The summed E-state index contributed by atoms with van der Waals surface area (Å²) in [6, 6.07) is 1.79. The van der Waals surface area contributed by atoms with Crippen LogP contribution in [0.2, 0.25) is 0 Å². The molecule has 1 aromatic heterocycles. The van der Waals surface area contributed by atoms with E-state index in [1.807, 2.05) is 6.92 Å². The zero-order valence-electron chi connectivity index (χ0n) is 5.23. The predicted molar refractivity (Wildman–Crippen MR) is 36.5 cm³/mol. The summed E-state index contributed by atoms with van der Waals surface area (Å²) in [6.07, 6.45) is 1.77. The van der Waals surface area contributed by atoms with Gasteiger partial charge in [-0.15, -0.1) is 0 Å². The molecular formula is C6H9N3. The van der Waals surface area contributed by atoms with Gasteiger partial charge >= 0.3 is 0 Å². The van der Waals surface area contributed by atoms with Crippen molar-refractivity contribution in [3.05, 3.63) is 23.5 Å². The van der Waals surface area contributed by atoms with Gasteiger partial charge in [-0.2, -0.15) is 0 Å². The molecule has 0 saturated heterocycles. The fourth-order valence-corrected chi connectivity index (χ4v) is 0.745. The summed E-state index contributed by atoms with van der Waals surface area (Å²) >= 11 is 0. The highest BCUT2D eigenvalue weighted by Crippen LogP contribution is 2.01. The minimum absolute atomic E-state index is 0.119. The molecule has 0 aliphatic heterocycles. The van der Waals surface area contributed by atoms with Crippen molar-refractivity contribution in [1.29, 1.82) is 5.41 Å². The van der Waals surface area contributed by atoms with Crippen molar-refractivity contribution in [2.45, 2.75) is 6.92 Å². The van der Waals surface area contributed by atoms with Crippen LogP contribution in [0.3, 0.4) is 0 Å². The Morgan fingerprint density at radius 1 is 1.78 bits per heavy atom. The molecule has 0 bridgehead atoms. The summed E-state index contributed by atoms with van der Waals surface area (Å²) in [4.78, 5) is 2.93. The van der Waals surface area contributed by atoms with E-state index in [4.69, 9.17) is 11.1 Å². The Morgan fingerprint density at radius 3 is 2.67 bits per heavy atom. The number of hydrogen-bond acceptors (Lipinski definition) is 1. The van der Waals surface area contributed by atoms with Crippen LogP contribution in [0.5, 0.6) is 0 Å². The molecule has 3 nitrogen and oxygen atoms in total. The predicted octanol–water partition coefficient (Wildman–Crippen LogP) is 0.607. The standard InChI is InChI=1S/C6H9N3/c1-4-5(6(7)8)2-3-9-4/h2-3,9H,1H3,(H3,7,8). The molecule has 3 heteroatoms. The molecule has 0 radical (unpaired) electrons. The van der Waals surface area contributed by atoms with Crippen LogP contribution in [-0.4, -0.2) is 10.8 Å². The topological polar surface area (TPSA) is 65.7 Å². The maximum atomic E-state index is 7.05. The zero-order chi connectivity index (χ0) is 6.85. The zero-order valence-corrected chi connectivity index (χ0v) is 5.23. The first-order chi connectivity index (χ1) is 4.22. The number of nitrogens with two attached hydrogens (primary N) is 1. The highest BCUT2D eigenvalue weighted by atomic mass is 14.7. The second kappa shape index (κ2) is 1.93. The summed E-state index contributed by atoms with van der Waals surface area (Å²) in [5.41, 5.74) is 6.96. The Labute approximate surface area is 53.4 Å². The summed E-state index contributed by atoms with van der Waals surface area (Å²) in [5.74, 6) is 0.119. The lowest BCUT2D eigenvalue weighted by Crippen LogP contribution is -2.11. The lowest BCUT2D eigenvalue weighted by molar-refractivity contribution is 1.25. The number of nitrogens with one attached hydrogen (secondary N) is 2. The summed E-state index contributed by atoms with van der Waals surface area (Å²) in [7, 11) is 0. The van der Waals surface area contributed by atoms with Gasteiger partial charge in [0.15, 0.2) is 0 Å². The third-order valence-electron chi connectivity index (χ3n) is 1.24. The second-order valence-corrected chi connectivity index (χ2v) is 1.93. The minimum atomic E-state index is 0.119. The first-order valence-electron chi connectivity index (χ1n) is 2.70. The molecule has 1 aromatic rings. The quantitative estimate of drug-likeness (QED) is 0.371. The Kier molecular flexibility index (Phi) is 1.26. The molecule has 0 aromatic carbocycles. The smallest absolute Gasteiger partial charge is 0.124 e. The van der Waals surface area contributed by atoms with Gasteiger partial charge in [0.2, 0.25) is 0 Å². The van der Waals surface area contributed by atoms with Gasteiger partial charge < -0.3 is 10.7 Å². The molecule has 4 N–H and O–H groups in total. The summed E-state index contributed by atoms with van der Waals surface area (Å²) in [6.45, 7) is 1.89. The molecule has 9 heavy (non-hydrogen) atoms. The van der Waals surface area contributed by atoms with Crippen LogP contribution in [0, 0.1) is 12.3 Å². The molecule has 0 atom stereocenters. The van der Waals surface area contributed by atoms with Crippen molar-refractivity contribution < 1.29 is 0 Å². The van der Waals surface area contributed by atoms with Crippen molar-refractivity contribution in [2.75, 3.05) is 0 Å². The lowest BCUT2D eigenvalue weighted by Gasteiger charge is -1.92. The third-order valence-corrected chi connectivity index (χ3v) is 1.24. The maximum Gasteiger partial charge on any atom is 0.124 e. The number of aryl methyl sites for hydroxylation is 1. The van der Waals surface area contributed by atoms with Crippen LogP contribution in [-0.2, 0) is 0 Å². The van der Waals surface area contributed by atoms with E-state index in [9.17, 15) is 0 Å². The molecule has 0 aliphatic carbocycles. The molecule has 0 unspecified atom stereocenters. The van der Waals surface area contributed by atoms with E-state index in [0.717, 1.165) is 11.3 Å². The SMILES string of the molecule is Cc1[nH]ccc1C(=N)N. The van der Waals surface area contributed by atoms with Crippen LogP contribution >= 0.6 is 0 Å². The number of amidine groups is 1. The average Bonchev–Trinajstić information content (AvgIpc) is 2.13. The van der Waals surface area contributed by atoms with Gasteiger partial charge in [0.05, 0.1) is 0 Å². The van der Waals surface area contributed by atoms with Crippen LogP contribution in [0.4, 0.5) is 0 Å². The fraction of sp³-hybridized carbons (Fsp3) is 0.167. The van der Waals surface area contributed by atoms with Gasteiger partial charge in [0, 0.05) is 17.5 Å². The van der Waals surface area contributed by atoms with Gasteiger partial charge in [0.25, 0.3) is 0 Å². The average molecular weight is 123 g/mol. The third kappa shape index (κ3) is 0.937. The molecule has 1 heterocycles. The Balaban J connectivity index is 3.08. The summed E-state index contributed by atoms with van der Waals surface area (Å²) < 4.78 is 0. The van der Waals surface area contributed by atoms with Gasteiger partial charge in [-0.1, -0.05) is 0 Å². The Morgan fingerprint density at radius 2 is 2.44 bits per heavy atom. The molecule has 48 valence electrons. The second-order valence-electron chi connectivity index (χ2n) is 1.93. The fourth-order valence-electron chi connectivity index (χ4n) is 0.745. The van der Waals surface area contributed by atoms with E-state index in [0.29, 0.717) is 0 Å². The van der Waals surface area contributed by atoms with Gasteiger partial charge in [-0.05, 0) is 13.0 Å². The largest absolute Gasteiger partial charge is 0.384 e. The van der Waals surface area contributed by atoms with Crippen LogP contribution in [0.15, 0.2) is 12.3 Å². The summed E-state index contributed by atoms with van der Waals surface area (Å²) in [5, 5.41) is 7.05. The van der Waals surface area contributed by atoms with Crippen molar-refractivity contribution in [2.24, 2.45) is 5.73 Å². The first kappa shape index (κ1) is 5.88. The number of aromatic nitrogens is 1. The van der Waals surface area contributed by atoms with Crippen molar-refractivity contribution in [1.82, 2.24) is 4.98 Å². The van der Waals surface area contributed by atoms with Crippen LogP contribution in [0.1, 0.15) is 11.3 Å². The number of rotatable bonds is 1. The van der Waals surface area contributed by atoms with Gasteiger partial charge in [-0.25, -0.2) is 0 Å². The Hall–Kier alpha value is -1.25. The normalized spacial score (nSPS) is 9.44. The number of hydrogen-bond donors (Lipinski definition) is 3. The highest BCUT2D eigenvalue weighted by Gasteiger charge is 1.98. The number of H-pyrrole nitrogens is 1. The van der Waals surface area contributed by atoms with Crippen molar-refractivity contribution >= 4 is 5.84 Å². The highest BCUT2D eigenvalue weighted by molar-refractivity contribution is 5.95. The molecule has 0 amide bonds. The molecule has 0 spiro atoms. The van der Waals surface area contributed by atoms with Crippen LogP contribution in [0.25, 0.3) is 0 Å². The monoisotopic (exact) mass is 123 g/mol. The van der Waals surface area contributed by atoms with E-state index in [1.165, 1.54) is 0 Å². The van der Waals surface area contributed by atoms with E-state index >= 15 is 0 Å². The Bertz CT molecular complexity index is 224. The molecule has 1 rings (SSSR count). The molecule has 0 fully saturated rings. The maximum absolute atomic E-state index is 7.05.